The third kappa shape index (κ3) is 4.63. The summed E-state index contributed by atoms with van der Waals surface area (Å²) >= 11 is 0. The van der Waals surface area contributed by atoms with Gasteiger partial charge in [-0.1, -0.05) is 24.3 Å². The van der Waals surface area contributed by atoms with E-state index >= 15 is 0 Å². The molecule has 0 saturated carbocycles. The van der Waals surface area contributed by atoms with Crippen molar-refractivity contribution in [3.05, 3.63) is 72.1 Å². The van der Waals surface area contributed by atoms with Gasteiger partial charge in [-0.3, -0.25) is 9.59 Å². The molecule has 7 nitrogen and oxygen atoms in total. The number of rotatable bonds is 7. The number of nitrogens with zero attached hydrogens (tertiary/aromatic N) is 3. The van der Waals surface area contributed by atoms with Gasteiger partial charge in [-0.15, -0.1) is 0 Å². The second-order valence-electron chi connectivity index (χ2n) is 6.49. The number of para-hydroxylation sites is 1. The molecule has 1 heterocycles. The van der Waals surface area contributed by atoms with Crippen molar-refractivity contribution in [3.8, 4) is 11.4 Å². The smallest absolute Gasteiger partial charge is 0.257 e. The lowest BCUT2D eigenvalue weighted by molar-refractivity contribution is -0.116. The highest BCUT2D eigenvalue weighted by atomic mass is 16.5. The number of methoxy groups -OCH3 is 1. The molecule has 0 aliphatic carbocycles. The van der Waals surface area contributed by atoms with E-state index in [2.05, 4.69) is 10.4 Å². The standard InChI is InChI=1S/C22H24N4O3/c1-4-25(15-21(27)24-17-9-8-12-19(13-17)29-3)22(28)20-14-23-26(16(20)2)18-10-6-5-7-11-18/h5-14H,4,15H2,1-3H3,(H,24,27). The third-order valence-electron chi connectivity index (χ3n) is 4.60. The summed E-state index contributed by atoms with van der Waals surface area (Å²) in [5.41, 5.74) is 2.70. The van der Waals surface area contributed by atoms with E-state index < -0.39 is 0 Å². The lowest BCUT2D eigenvalue weighted by Crippen LogP contribution is -2.38. The third-order valence-corrected chi connectivity index (χ3v) is 4.60. The first-order valence-corrected chi connectivity index (χ1v) is 9.36. The van der Waals surface area contributed by atoms with E-state index in [9.17, 15) is 9.59 Å². The van der Waals surface area contributed by atoms with Gasteiger partial charge in [0.1, 0.15) is 12.3 Å². The Morgan fingerprint density at radius 1 is 1.14 bits per heavy atom. The molecule has 0 bridgehead atoms. The second kappa shape index (κ2) is 9.05. The van der Waals surface area contributed by atoms with Gasteiger partial charge in [0.15, 0.2) is 0 Å². The van der Waals surface area contributed by atoms with Crippen LogP contribution in [0.3, 0.4) is 0 Å². The molecule has 2 amide bonds. The van der Waals surface area contributed by atoms with E-state index in [1.165, 1.54) is 4.90 Å². The van der Waals surface area contributed by atoms with E-state index in [1.807, 2.05) is 44.2 Å². The molecule has 29 heavy (non-hydrogen) atoms. The lowest BCUT2D eigenvalue weighted by atomic mass is 10.2. The summed E-state index contributed by atoms with van der Waals surface area (Å²) < 4.78 is 6.88. The van der Waals surface area contributed by atoms with Crippen LogP contribution in [0.5, 0.6) is 5.75 Å². The number of carbonyl (C=O) groups excluding carboxylic acids is 2. The van der Waals surface area contributed by atoms with E-state index in [0.717, 1.165) is 11.4 Å². The normalized spacial score (nSPS) is 10.4. The Hall–Kier alpha value is -3.61. The highest BCUT2D eigenvalue weighted by molar-refractivity contribution is 6.00. The van der Waals surface area contributed by atoms with Gasteiger partial charge in [0.25, 0.3) is 5.91 Å². The Morgan fingerprint density at radius 3 is 2.59 bits per heavy atom. The van der Waals surface area contributed by atoms with Crippen LogP contribution < -0.4 is 10.1 Å². The fraction of sp³-hybridized carbons (Fsp3) is 0.227. The number of benzene rings is 2. The van der Waals surface area contributed by atoms with Gasteiger partial charge in [-0.05, 0) is 38.1 Å². The summed E-state index contributed by atoms with van der Waals surface area (Å²) in [7, 11) is 1.57. The van der Waals surface area contributed by atoms with Crippen LogP contribution >= 0.6 is 0 Å². The van der Waals surface area contributed by atoms with Gasteiger partial charge in [0.05, 0.1) is 30.3 Å². The first kappa shape index (κ1) is 20.1. The maximum Gasteiger partial charge on any atom is 0.257 e. The number of carbonyl (C=O) groups is 2. The Labute approximate surface area is 169 Å². The van der Waals surface area contributed by atoms with Gasteiger partial charge in [0, 0.05) is 18.3 Å². The topological polar surface area (TPSA) is 76.5 Å². The summed E-state index contributed by atoms with van der Waals surface area (Å²) in [5.74, 6) is 0.143. The average molecular weight is 392 g/mol. The van der Waals surface area contributed by atoms with Crippen molar-refractivity contribution in [3.63, 3.8) is 0 Å². The minimum atomic E-state index is -0.276. The molecular formula is C22H24N4O3. The van der Waals surface area contributed by atoms with Crippen molar-refractivity contribution in [1.29, 1.82) is 0 Å². The molecule has 0 aliphatic rings. The molecule has 0 saturated heterocycles. The Morgan fingerprint density at radius 2 is 1.90 bits per heavy atom. The summed E-state index contributed by atoms with van der Waals surface area (Å²) in [6.45, 7) is 4.04. The number of anilines is 1. The van der Waals surface area contributed by atoms with Crippen molar-refractivity contribution in [2.45, 2.75) is 13.8 Å². The maximum atomic E-state index is 13.0. The molecule has 0 fully saturated rings. The first-order chi connectivity index (χ1) is 14.0. The van der Waals surface area contributed by atoms with E-state index in [1.54, 1.807) is 42.3 Å². The highest BCUT2D eigenvalue weighted by Crippen LogP contribution is 2.18. The number of likely N-dealkylation sites (N-methyl/N-ethyl adjacent to an activating group) is 1. The van der Waals surface area contributed by atoms with Crippen molar-refractivity contribution < 1.29 is 14.3 Å². The van der Waals surface area contributed by atoms with Crippen molar-refractivity contribution in [2.24, 2.45) is 0 Å². The Balaban J connectivity index is 1.72. The predicted octanol–water partition coefficient (Wildman–Crippen LogP) is 3.29. The molecular weight excluding hydrogens is 368 g/mol. The number of nitrogens with one attached hydrogen (secondary N) is 1. The quantitative estimate of drug-likeness (QED) is 0.669. The fourth-order valence-electron chi connectivity index (χ4n) is 3.02. The molecule has 0 aliphatic heterocycles. The molecule has 0 unspecified atom stereocenters. The number of hydrogen-bond donors (Lipinski definition) is 1. The number of aromatic nitrogens is 2. The predicted molar refractivity (Wildman–Crippen MR) is 112 cm³/mol. The molecule has 0 spiro atoms. The molecule has 1 N–H and O–H groups in total. The lowest BCUT2D eigenvalue weighted by Gasteiger charge is -2.20. The van der Waals surface area contributed by atoms with Gasteiger partial charge in [-0.2, -0.15) is 5.10 Å². The zero-order chi connectivity index (χ0) is 20.8. The Kier molecular flexibility index (Phi) is 6.29. The van der Waals surface area contributed by atoms with Crippen LogP contribution in [0.2, 0.25) is 0 Å². The van der Waals surface area contributed by atoms with E-state index in [4.69, 9.17) is 4.74 Å². The molecule has 1 aromatic heterocycles. The second-order valence-corrected chi connectivity index (χ2v) is 6.49. The Bertz CT molecular complexity index is 998. The molecule has 0 radical (unpaired) electrons. The van der Waals surface area contributed by atoms with Crippen LogP contribution in [-0.2, 0) is 4.79 Å². The van der Waals surface area contributed by atoms with Crippen molar-refractivity contribution in [1.82, 2.24) is 14.7 Å². The summed E-state index contributed by atoms with van der Waals surface area (Å²) in [6.07, 6.45) is 1.55. The van der Waals surface area contributed by atoms with Crippen LogP contribution in [0.15, 0.2) is 60.8 Å². The monoisotopic (exact) mass is 392 g/mol. The molecule has 7 heteroatoms. The largest absolute Gasteiger partial charge is 0.497 e. The van der Waals surface area contributed by atoms with Crippen LogP contribution in [0.1, 0.15) is 23.0 Å². The van der Waals surface area contributed by atoms with E-state index in [0.29, 0.717) is 23.5 Å². The SMILES string of the molecule is CCN(CC(=O)Nc1cccc(OC)c1)C(=O)c1cnn(-c2ccccc2)c1C. The number of hydrogen-bond acceptors (Lipinski definition) is 4. The van der Waals surface area contributed by atoms with Crippen LogP contribution in [0, 0.1) is 6.92 Å². The average Bonchev–Trinajstić information content (AvgIpc) is 3.13. The van der Waals surface area contributed by atoms with Crippen LogP contribution in [0.25, 0.3) is 5.69 Å². The van der Waals surface area contributed by atoms with Crippen molar-refractivity contribution in [2.75, 3.05) is 25.5 Å². The molecule has 3 rings (SSSR count). The summed E-state index contributed by atoms with van der Waals surface area (Å²) in [6, 6.07) is 16.7. The van der Waals surface area contributed by atoms with Crippen molar-refractivity contribution >= 4 is 17.5 Å². The molecule has 2 aromatic carbocycles. The zero-order valence-electron chi connectivity index (χ0n) is 16.8. The van der Waals surface area contributed by atoms with Crippen LogP contribution in [-0.4, -0.2) is 46.7 Å². The number of ether oxygens (including phenoxy) is 1. The van der Waals surface area contributed by atoms with E-state index in [-0.39, 0.29) is 18.4 Å². The van der Waals surface area contributed by atoms with Gasteiger partial charge in [0.2, 0.25) is 5.91 Å². The van der Waals surface area contributed by atoms with Crippen LogP contribution in [0.4, 0.5) is 5.69 Å². The van der Waals surface area contributed by atoms with Gasteiger partial charge < -0.3 is 15.0 Å². The van der Waals surface area contributed by atoms with Gasteiger partial charge in [-0.25, -0.2) is 4.68 Å². The van der Waals surface area contributed by atoms with Gasteiger partial charge >= 0.3 is 0 Å². The zero-order valence-corrected chi connectivity index (χ0v) is 16.8. The maximum absolute atomic E-state index is 13.0. The number of amides is 2. The highest BCUT2D eigenvalue weighted by Gasteiger charge is 2.22. The minimum absolute atomic E-state index is 0.0531. The minimum Gasteiger partial charge on any atom is -0.497 e. The summed E-state index contributed by atoms with van der Waals surface area (Å²) in [5, 5.41) is 7.14. The molecule has 150 valence electrons. The fourth-order valence-corrected chi connectivity index (χ4v) is 3.02. The molecule has 0 atom stereocenters. The first-order valence-electron chi connectivity index (χ1n) is 9.36. The molecule has 3 aromatic rings. The summed E-state index contributed by atoms with van der Waals surface area (Å²) in [4.78, 5) is 27.0.